The van der Waals surface area contributed by atoms with Gasteiger partial charge in [-0.1, -0.05) is 53.9 Å². The van der Waals surface area contributed by atoms with Crippen LogP contribution in [0.15, 0.2) is 28.7 Å². The van der Waals surface area contributed by atoms with Crippen molar-refractivity contribution in [2.75, 3.05) is 13.6 Å². The van der Waals surface area contributed by atoms with Crippen LogP contribution in [0.1, 0.15) is 38.2 Å². The van der Waals surface area contributed by atoms with Crippen molar-refractivity contribution in [2.24, 2.45) is 17.8 Å². The summed E-state index contributed by atoms with van der Waals surface area (Å²) in [5, 5.41) is 3.39. The summed E-state index contributed by atoms with van der Waals surface area (Å²) >= 11 is 3.70. The number of hydrogen-bond acceptors (Lipinski definition) is 1. The maximum absolute atomic E-state index is 3.70. The van der Waals surface area contributed by atoms with Gasteiger partial charge in [-0.2, -0.15) is 0 Å². The Balaban J connectivity index is 2.07. The minimum Gasteiger partial charge on any atom is -0.319 e. The van der Waals surface area contributed by atoms with E-state index in [0.29, 0.717) is 0 Å². The second-order valence-electron chi connectivity index (χ2n) is 5.96. The molecule has 1 aliphatic carbocycles. The van der Waals surface area contributed by atoms with Crippen molar-refractivity contribution in [1.82, 2.24) is 5.32 Å². The second-order valence-corrected chi connectivity index (χ2v) is 6.82. The van der Waals surface area contributed by atoms with Crippen LogP contribution in [-0.2, 0) is 6.42 Å². The SMILES string of the molecule is CCC1CCC(CNC)C(Cc2ccccc2Br)C1. The van der Waals surface area contributed by atoms with Gasteiger partial charge in [0, 0.05) is 4.47 Å². The van der Waals surface area contributed by atoms with Gasteiger partial charge in [-0.3, -0.25) is 0 Å². The molecule has 1 N–H and O–H groups in total. The molecular weight excluding hydrogens is 298 g/mol. The lowest BCUT2D eigenvalue weighted by Crippen LogP contribution is -2.33. The van der Waals surface area contributed by atoms with Gasteiger partial charge in [-0.15, -0.1) is 0 Å². The molecule has 2 rings (SSSR count). The van der Waals surface area contributed by atoms with Crippen LogP contribution in [0.2, 0.25) is 0 Å². The van der Waals surface area contributed by atoms with Gasteiger partial charge >= 0.3 is 0 Å². The van der Waals surface area contributed by atoms with Crippen LogP contribution in [0.3, 0.4) is 0 Å². The van der Waals surface area contributed by atoms with E-state index in [1.165, 1.54) is 48.7 Å². The first-order valence-corrected chi connectivity index (χ1v) is 8.41. The average molecular weight is 324 g/mol. The number of hydrogen-bond donors (Lipinski definition) is 1. The van der Waals surface area contributed by atoms with E-state index in [4.69, 9.17) is 0 Å². The summed E-state index contributed by atoms with van der Waals surface area (Å²) in [6.07, 6.45) is 6.80. The van der Waals surface area contributed by atoms with Crippen LogP contribution in [0.4, 0.5) is 0 Å². The number of benzene rings is 1. The topological polar surface area (TPSA) is 12.0 Å². The van der Waals surface area contributed by atoms with Gasteiger partial charge in [0.25, 0.3) is 0 Å². The van der Waals surface area contributed by atoms with E-state index in [1.807, 2.05) is 0 Å². The van der Waals surface area contributed by atoms with E-state index in [0.717, 1.165) is 17.8 Å². The predicted molar refractivity (Wildman–Crippen MR) is 86.4 cm³/mol. The zero-order valence-corrected chi connectivity index (χ0v) is 13.7. The van der Waals surface area contributed by atoms with Crippen LogP contribution < -0.4 is 5.32 Å². The third kappa shape index (κ3) is 4.06. The number of halogens is 1. The molecule has 0 amide bonds. The van der Waals surface area contributed by atoms with Gasteiger partial charge in [-0.25, -0.2) is 0 Å². The highest BCUT2D eigenvalue weighted by Crippen LogP contribution is 2.38. The molecule has 1 nitrogen and oxygen atoms in total. The predicted octanol–water partition coefficient (Wildman–Crippen LogP) is 4.65. The Labute approximate surface area is 126 Å². The smallest absolute Gasteiger partial charge is 0.0207 e. The standard InChI is InChI=1S/C17H26BrN/c1-3-13-8-9-15(12-19-2)16(10-13)11-14-6-4-5-7-17(14)18/h4-7,13,15-16,19H,3,8-12H2,1-2H3. The van der Waals surface area contributed by atoms with Crippen molar-refractivity contribution in [3.05, 3.63) is 34.3 Å². The Bertz CT molecular complexity index is 391. The maximum atomic E-state index is 3.70. The van der Waals surface area contributed by atoms with Gasteiger partial charge in [0.15, 0.2) is 0 Å². The fourth-order valence-electron chi connectivity index (χ4n) is 3.52. The first kappa shape index (κ1) is 15.1. The minimum atomic E-state index is 0.838. The molecule has 3 atom stereocenters. The third-order valence-electron chi connectivity index (χ3n) is 4.73. The van der Waals surface area contributed by atoms with Crippen molar-refractivity contribution in [1.29, 1.82) is 0 Å². The zero-order chi connectivity index (χ0) is 13.7. The summed E-state index contributed by atoms with van der Waals surface area (Å²) < 4.78 is 1.27. The highest BCUT2D eigenvalue weighted by molar-refractivity contribution is 9.10. The molecule has 0 aliphatic heterocycles. The molecule has 2 heteroatoms. The van der Waals surface area contributed by atoms with Crippen molar-refractivity contribution < 1.29 is 0 Å². The van der Waals surface area contributed by atoms with Crippen LogP contribution in [0.25, 0.3) is 0 Å². The van der Waals surface area contributed by atoms with Crippen LogP contribution >= 0.6 is 15.9 Å². The molecule has 1 fully saturated rings. The van der Waals surface area contributed by atoms with Crippen molar-refractivity contribution in [2.45, 2.75) is 39.0 Å². The molecule has 1 aromatic carbocycles. The molecule has 0 radical (unpaired) electrons. The summed E-state index contributed by atoms with van der Waals surface area (Å²) in [6, 6.07) is 8.71. The van der Waals surface area contributed by atoms with Gasteiger partial charge < -0.3 is 5.32 Å². The van der Waals surface area contributed by atoms with Crippen LogP contribution in [0, 0.1) is 17.8 Å². The van der Waals surface area contributed by atoms with E-state index < -0.39 is 0 Å². The average Bonchev–Trinajstić information content (AvgIpc) is 2.43. The molecular formula is C17H26BrN. The summed E-state index contributed by atoms with van der Waals surface area (Å²) in [7, 11) is 2.08. The molecule has 0 aromatic heterocycles. The molecule has 0 spiro atoms. The molecule has 106 valence electrons. The quantitative estimate of drug-likeness (QED) is 0.831. The molecule has 1 aliphatic rings. The van der Waals surface area contributed by atoms with E-state index in [-0.39, 0.29) is 0 Å². The Kier molecular flexibility index (Phi) is 5.90. The van der Waals surface area contributed by atoms with Gasteiger partial charge in [-0.05, 0) is 62.2 Å². The molecule has 1 saturated carbocycles. The van der Waals surface area contributed by atoms with E-state index in [1.54, 1.807) is 0 Å². The largest absolute Gasteiger partial charge is 0.319 e. The van der Waals surface area contributed by atoms with Gasteiger partial charge in [0.2, 0.25) is 0 Å². The van der Waals surface area contributed by atoms with E-state index in [2.05, 4.69) is 59.5 Å². The molecule has 0 saturated heterocycles. The normalized spacial score (nSPS) is 27.4. The summed E-state index contributed by atoms with van der Waals surface area (Å²) in [4.78, 5) is 0. The van der Waals surface area contributed by atoms with E-state index in [9.17, 15) is 0 Å². The Hall–Kier alpha value is -0.340. The number of nitrogens with one attached hydrogen (secondary N) is 1. The second kappa shape index (κ2) is 7.44. The third-order valence-corrected chi connectivity index (χ3v) is 5.51. The lowest BCUT2D eigenvalue weighted by molar-refractivity contribution is 0.173. The molecule has 1 aromatic rings. The van der Waals surface area contributed by atoms with Crippen molar-refractivity contribution in [3.63, 3.8) is 0 Å². The minimum absolute atomic E-state index is 0.838. The fourth-order valence-corrected chi connectivity index (χ4v) is 3.97. The van der Waals surface area contributed by atoms with Crippen molar-refractivity contribution >= 4 is 15.9 Å². The van der Waals surface area contributed by atoms with Crippen LogP contribution in [-0.4, -0.2) is 13.6 Å². The summed E-state index contributed by atoms with van der Waals surface area (Å²) in [5.41, 5.74) is 1.48. The van der Waals surface area contributed by atoms with Gasteiger partial charge in [0.1, 0.15) is 0 Å². The van der Waals surface area contributed by atoms with E-state index >= 15 is 0 Å². The number of rotatable bonds is 5. The zero-order valence-electron chi connectivity index (χ0n) is 12.2. The van der Waals surface area contributed by atoms with Crippen LogP contribution in [0.5, 0.6) is 0 Å². The Morgan fingerprint density at radius 1 is 1.21 bits per heavy atom. The lowest BCUT2D eigenvalue weighted by atomic mass is 9.71. The summed E-state index contributed by atoms with van der Waals surface area (Å²) in [6.45, 7) is 3.52. The maximum Gasteiger partial charge on any atom is 0.0207 e. The first-order valence-electron chi connectivity index (χ1n) is 7.62. The fraction of sp³-hybridized carbons (Fsp3) is 0.647. The Morgan fingerprint density at radius 2 is 2.00 bits per heavy atom. The van der Waals surface area contributed by atoms with Gasteiger partial charge in [0.05, 0.1) is 0 Å². The first-order chi connectivity index (χ1) is 9.24. The molecule has 19 heavy (non-hydrogen) atoms. The molecule has 0 bridgehead atoms. The molecule has 3 unspecified atom stereocenters. The van der Waals surface area contributed by atoms with Crippen molar-refractivity contribution in [3.8, 4) is 0 Å². The highest BCUT2D eigenvalue weighted by Gasteiger charge is 2.29. The molecule has 0 heterocycles. The lowest BCUT2D eigenvalue weighted by Gasteiger charge is -2.36. The summed E-state index contributed by atoms with van der Waals surface area (Å²) in [5.74, 6) is 2.63. The highest BCUT2D eigenvalue weighted by atomic mass is 79.9. The Morgan fingerprint density at radius 3 is 2.68 bits per heavy atom. The monoisotopic (exact) mass is 323 g/mol.